The highest BCUT2D eigenvalue weighted by Crippen LogP contribution is 2.31. The zero-order valence-electron chi connectivity index (χ0n) is 16.8. The first kappa shape index (κ1) is 21.0. The Morgan fingerprint density at radius 3 is 2.48 bits per heavy atom. The summed E-state index contributed by atoms with van der Waals surface area (Å²) >= 11 is 0. The predicted molar refractivity (Wildman–Crippen MR) is 116 cm³/mol. The summed E-state index contributed by atoms with van der Waals surface area (Å²) in [6.45, 7) is 2.52. The second-order valence-corrected chi connectivity index (χ2v) is 8.96. The van der Waals surface area contributed by atoms with Gasteiger partial charge in [0.25, 0.3) is 0 Å². The van der Waals surface area contributed by atoms with Gasteiger partial charge in [0.05, 0.1) is 18.6 Å². The molecule has 1 aromatic heterocycles. The van der Waals surface area contributed by atoms with Gasteiger partial charge in [0, 0.05) is 11.3 Å². The maximum Gasteiger partial charge on any atom is 0.186 e. The summed E-state index contributed by atoms with van der Waals surface area (Å²) in [5.74, 6) is 0.241. The van der Waals surface area contributed by atoms with E-state index < -0.39 is 9.84 Å². The van der Waals surface area contributed by atoms with Crippen molar-refractivity contribution in [3.8, 4) is 17.0 Å². The molecule has 0 aliphatic heterocycles. The van der Waals surface area contributed by atoms with E-state index in [2.05, 4.69) is 4.98 Å². The smallest absolute Gasteiger partial charge is 0.186 e. The van der Waals surface area contributed by atoms with Crippen LogP contribution in [0.25, 0.3) is 11.3 Å². The highest BCUT2D eigenvalue weighted by atomic mass is 32.2. The third-order valence-electron chi connectivity index (χ3n) is 4.70. The van der Waals surface area contributed by atoms with Crippen LogP contribution >= 0.6 is 0 Å². The van der Waals surface area contributed by atoms with Gasteiger partial charge in [-0.25, -0.2) is 8.42 Å². The molecule has 29 heavy (non-hydrogen) atoms. The fourth-order valence-electron chi connectivity index (χ4n) is 3.26. The maximum absolute atomic E-state index is 13.2. The number of aromatic nitrogens is 1. The van der Waals surface area contributed by atoms with Gasteiger partial charge in [-0.1, -0.05) is 30.3 Å². The maximum atomic E-state index is 13.2. The number of ether oxygens (including phenoxy) is 1. The molecule has 0 radical (unpaired) electrons. The number of aryl methyl sites for hydroxylation is 2. The van der Waals surface area contributed by atoms with Crippen molar-refractivity contribution >= 4 is 9.84 Å². The molecular formula is C23H26N2O3S. The molecule has 0 unspecified atom stereocenters. The van der Waals surface area contributed by atoms with Gasteiger partial charge in [-0.2, -0.15) is 0 Å². The molecule has 3 rings (SSSR count). The average Bonchev–Trinajstić information content (AvgIpc) is 2.71. The molecule has 0 aliphatic carbocycles. The summed E-state index contributed by atoms with van der Waals surface area (Å²) in [5, 5.41) is 0. The van der Waals surface area contributed by atoms with Crippen molar-refractivity contribution in [3.63, 3.8) is 0 Å². The van der Waals surface area contributed by atoms with Crippen LogP contribution in [0.15, 0.2) is 65.6 Å². The van der Waals surface area contributed by atoms with Crippen molar-refractivity contribution < 1.29 is 13.2 Å². The summed E-state index contributed by atoms with van der Waals surface area (Å²) in [4.78, 5) is 4.67. The summed E-state index contributed by atoms with van der Waals surface area (Å²) in [7, 11) is -2.13. The van der Waals surface area contributed by atoms with Crippen molar-refractivity contribution in [1.29, 1.82) is 0 Å². The summed E-state index contributed by atoms with van der Waals surface area (Å²) in [6.07, 6.45) is 1.71. The zero-order chi connectivity index (χ0) is 20.9. The van der Waals surface area contributed by atoms with Gasteiger partial charge in [0.15, 0.2) is 9.84 Å². The largest absolute Gasteiger partial charge is 0.495 e. The molecule has 0 fully saturated rings. The van der Waals surface area contributed by atoms with E-state index in [0.717, 1.165) is 40.9 Å². The standard InChI is InChI=1S/C23H26N2O3S/c1-17-6-3-10-21(25-17)20-11-12-22(28-2)23(15-20)29(26,27)16-19-8-4-7-18(14-19)9-5-13-24/h3-4,6-8,10-12,14-15H,5,9,13,16,24H2,1-2H3. The molecule has 0 saturated carbocycles. The van der Waals surface area contributed by atoms with E-state index in [0.29, 0.717) is 12.3 Å². The van der Waals surface area contributed by atoms with E-state index in [-0.39, 0.29) is 10.6 Å². The molecular weight excluding hydrogens is 384 g/mol. The third kappa shape index (κ3) is 5.22. The van der Waals surface area contributed by atoms with E-state index in [1.807, 2.05) is 55.5 Å². The highest BCUT2D eigenvalue weighted by molar-refractivity contribution is 7.90. The second kappa shape index (κ2) is 9.20. The Hall–Kier alpha value is -2.70. The number of benzene rings is 2. The fraction of sp³-hybridized carbons (Fsp3) is 0.261. The van der Waals surface area contributed by atoms with Crippen molar-refractivity contribution in [2.24, 2.45) is 5.73 Å². The molecule has 0 atom stereocenters. The molecule has 0 saturated heterocycles. The van der Waals surface area contributed by atoms with Gasteiger partial charge >= 0.3 is 0 Å². The van der Waals surface area contributed by atoms with Crippen LogP contribution in [0, 0.1) is 6.92 Å². The minimum Gasteiger partial charge on any atom is -0.495 e. The Labute approximate surface area is 172 Å². The van der Waals surface area contributed by atoms with Crippen molar-refractivity contribution in [3.05, 3.63) is 77.5 Å². The van der Waals surface area contributed by atoms with Crippen LogP contribution in [-0.2, 0) is 22.0 Å². The lowest BCUT2D eigenvalue weighted by Gasteiger charge is -2.12. The molecule has 6 heteroatoms. The number of methoxy groups -OCH3 is 1. The molecule has 0 aliphatic rings. The number of sulfone groups is 1. The predicted octanol–water partition coefficient (Wildman–Crippen LogP) is 3.93. The lowest BCUT2D eigenvalue weighted by Crippen LogP contribution is -2.08. The van der Waals surface area contributed by atoms with Crippen LogP contribution < -0.4 is 10.5 Å². The van der Waals surface area contributed by atoms with E-state index in [1.165, 1.54) is 7.11 Å². The van der Waals surface area contributed by atoms with E-state index >= 15 is 0 Å². The molecule has 0 bridgehead atoms. The number of rotatable bonds is 8. The van der Waals surface area contributed by atoms with Crippen LogP contribution in [0.3, 0.4) is 0 Å². The van der Waals surface area contributed by atoms with Crippen molar-refractivity contribution in [2.75, 3.05) is 13.7 Å². The molecule has 2 N–H and O–H groups in total. The van der Waals surface area contributed by atoms with Crippen molar-refractivity contribution in [1.82, 2.24) is 4.98 Å². The lowest BCUT2D eigenvalue weighted by molar-refractivity contribution is 0.403. The SMILES string of the molecule is COc1ccc(-c2cccc(C)n2)cc1S(=O)(=O)Cc1cccc(CCCN)c1. The summed E-state index contributed by atoms with van der Waals surface area (Å²) < 4.78 is 31.8. The number of pyridine rings is 1. The summed E-state index contributed by atoms with van der Waals surface area (Å²) in [6, 6.07) is 18.5. The Bertz CT molecular complexity index is 1090. The molecule has 0 amide bonds. The Morgan fingerprint density at radius 1 is 1.00 bits per heavy atom. The topological polar surface area (TPSA) is 82.3 Å². The van der Waals surface area contributed by atoms with E-state index in [9.17, 15) is 8.42 Å². The monoisotopic (exact) mass is 410 g/mol. The minimum absolute atomic E-state index is 0.0927. The first-order chi connectivity index (χ1) is 13.9. The minimum atomic E-state index is -3.61. The van der Waals surface area contributed by atoms with Crippen LogP contribution in [0.5, 0.6) is 5.75 Å². The number of nitrogens with zero attached hydrogens (tertiary/aromatic N) is 1. The second-order valence-electron chi connectivity index (χ2n) is 7.00. The Kier molecular flexibility index (Phi) is 6.67. The third-order valence-corrected chi connectivity index (χ3v) is 6.40. The van der Waals surface area contributed by atoms with Crippen LogP contribution in [0.4, 0.5) is 0 Å². The van der Waals surface area contributed by atoms with E-state index in [4.69, 9.17) is 10.5 Å². The van der Waals surface area contributed by atoms with Gasteiger partial charge in [0.2, 0.25) is 0 Å². The highest BCUT2D eigenvalue weighted by Gasteiger charge is 2.22. The first-order valence-corrected chi connectivity index (χ1v) is 11.2. The molecule has 3 aromatic rings. The lowest BCUT2D eigenvalue weighted by atomic mass is 10.1. The molecule has 0 spiro atoms. The number of hydrogen-bond donors (Lipinski definition) is 1. The average molecular weight is 411 g/mol. The van der Waals surface area contributed by atoms with E-state index in [1.54, 1.807) is 12.1 Å². The first-order valence-electron chi connectivity index (χ1n) is 9.55. The van der Waals surface area contributed by atoms with Gasteiger partial charge in [0.1, 0.15) is 10.6 Å². The van der Waals surface area contributed by atoms with Gasteiger partial charge in [-0.15, -0.1) is 0 Å². The van der Waals surface area contributed by atoms with Gasteiger partial charge in [-0.05, 0) is 67.8 Å². The fourth-order valence-corrected chi connectivity index (χ4v) is 4.80. The van der Waals surface area contributed by atoms with Crippen LogP contribution in [-0.4, -0.2) is 27.1 Å². The van der Waals surface area contributed by atoms with Crippen LogP contribution in [0.1, 0.15) is 23.2 Å². The zero-order valence-corrected chi connectivity index (χ0v) is 17.6. The normalized spacial score (nSPS) is 11.4. The number of hydrogen-bond acceptors (Lipinski definition) is 5. The molecule has 2 aromatic carbocycles. The Morgan fingerprint density at radius 2 is 1.76 bits per heavy atom. The molecule has 1 heterocycles. The Balaban J connectivity index is 1.96. The van der Waals surface area contributed by atoms with Gasteiger partial charge in [-0.3, -0.25) is 4.98 Å². The molecule has 5 nitrogen and oxygen atoms in total. The summed E-state index contributed by atoms with van der Waals surface area (Å²) in [5.41, 5.74) is 9.76. The van der Waals surface area contributed by atoms with Crippen molar-refractivity contribution in [2.45, 2.75) is 30.4 Å². The number of nitrogens with two attached hydrogens (primary N) is 1. The van der Waals surface area contributed by atoms with Crippen LogP contribution in [0.2, 0.25) is 0 Å². The molecule has 152 valence electrons. The van der Waals surface area contributed by atoms with Gasteiger partial charge < -0.3 is 10.5 Å². The quantitative estimate of drug-likeness (QED) is 0.608.